The van der Waals surface area contributed by atoms with Crippen LogP contribution >= 0.6 is 11.3 Å². The zero-order chi connectivity index (χ0) is 30.4. The van der Waals surface area contributed by atoms with E-state index in [1.165, 1.54) is 6.07 Å². The third kappa shape index (κ3) is 4.95. The number of primary amides is 1. The number of nitrogens with one attached hydrogen (secondary N) is 1. The van der Waals surface area contributed by atoms with Gasteiger partial charge in [-0.15, -0.1) is 11.3 Å². The van der Waals surface area contributed by atoms with Crippen molar-refractivity contribution < 1.29 is 18.4 Å². The molecule has 0 aliphatic carbocycles. The molecule has 0 saturated heterocycles. The summed E-state index contributed by atoms with van der Waals surface area (Å²) in [6.45, 7) is 3.53. The summed E-state index contributed by atoms with van der Waals surface area (Å²) in [4.78, 5) is 31.1. The number of halogens is 2. The minimum Gasteiger partial charge on any atom is -0.365 e. The maximum Gasteiger partial charge on any atom is 0.280 e. The molecule has 0 radical (unpaired) electrons. The summed E-state index contributed by atoms with van der Waals surface area (Å²) in [7, 11) is 1.71. The highest BCUT2D eigenvalue weighted by Gasteiger charge is 2.29. The Morgan fingerprint density at radius 2 is 1.65 bits per heavy atom. The summed E-state index contributed by atoms with van der Waals surface area (Å²) in [5.41, 5.74) is 9.60. The molecular formula is C31H25F2N7O2S. The number of hydrogen-bond acceptors (Lipinski definition) is 6. The lowest BCUT2D eigenvalue weighted by atomic mass is 10.0. The van der Waals surface area contributed by atoms with Crippen molar-refractivity contribution in [1.82, 2.24) is 24.5 Å². The van der Waals surface area contributed by atoms with Crippen LogP contribution in [0.4, 0.5) is 14.5 Å². The number of rotatable bonds is 7. The first-order chi connectivity index (χ1) is 20.6. The molecule has 0 saturated carbocycles. The first-order valence-electron chi connectivity index (χ1n) is 13.2. The number of nitrogens with zero attached hydrogens (tertiary/aromatic N) is 5. The van der Waals surface area contributed by atoms with E-state index in [1.54, 1.807) is 36.5 Å². The van der Waals surface area contributed by atoms with Crippen LogP contribution in [0.3, 0.4) is 0 Å². The van der Waals surface area contributed by atoms with Crippen molar-refractivity contribution in [3.8, 4) is 28.1 Å². The van der Waals surface area contributed by atoms with E-state index in [0.717, 1.165) is 17.0 Å². The molecule has 0 unspecified atom stereocenters. The first kappa shape index (κ1) is 27.9. The number of nitrogens with two attached hydrogens (primary N) is 1. The number of para-hydroxylation sites is 1. The van der Waals surface area contributed by atoms with Crippen molar-refractivity contribution >= 4 is 39.1 Å². The molecular weight excluding hydrogens is 572 g/mol. The topological polar surface area (TPSA) is 121 Å². The highest BCUT2D eigenvalue weighted by atomic mass is 32.1. The first-order valence-corrected chi connectivity index (χ1v) is 14.0. The monoisotopic (exact) mass is 597 g/mol. The van der Waals surface area contributed by atoms with Crippen LogP contribution in [-0.2, 0) is 7.05 Å². The second-order valence-corrected chi connectivity index (χ2v) is 10.9. The molecule has 2 aromatic carbocycles. The van der Waals surface area contributed by atoms with Gasteiger partial charge in [0, 0.05) is 29.8 Å². The second kappa shape index (κ2) is 10.9. The lowest BCUT2D eigenvalue weighted by Gasteiger charge is -2.11. The Kier molecular flexibility index (Phi) is 7.06. The molecule has 0 spiro atoms. The molecule has 216 valence electrons. The highest BCUT2D eigenvalue weighted by Crippen LogP contribution is 2.43. The van der Waals surface area contributed by atoms with Crippen LogP contribution < -0.4 is 11.1 Å². The van der Waals surface area contributed by atoms with E-state index in [0.29, 0.717) is 39.2 Å². The van der Waals surface area contributed by atoms with Gasteiger partial charge in [-0.25, -0.2) is 18.4 Å². The zero-order valence-electron chi connectivity index (χ0n) is 23.3. The normalized spacial score (nSPS) is 11.4. The van der Waals surface area contributed by atoms with Crippen LogP contribution in [0.25, 0.3) is 38.3 Å². The number of anilines is 1. The summed E-state index contributed by atoms with van der Waals surface area (Å²) in [5, 5.41) is 12.4. The third-order valence-electron chi connectivity index (χ3n) is 7.06. The standard InChI is InChI=1S/C31H25F2N7O2S/c1-16-21(15-39(3)37-16)20-14-22(28(32)33)35-31-24(20)26(27(43-31)29(34)41)36-30(42)23-17(2)40(19-12-8-5-9-13-19)38-25(23)18-10-6-4-7-11-18/h4-15,28H,1-3H3,(H2,34,41)(H,36,42). The molecule has 4 heterocycles. The molecule has 9 nitrogen and oxygen atoms in total. The Bertz CT molecular complexity index is 2010. The van der Waals surface area contributed by atoms with Gasteiger partial charge >= 0.3 is 0 Å². The number of hydrogen-bond donors (Lipinski definition) is 2. The number of thiophene rings is 1. The minimum atomic E-state index is -2.86. The highest BCUT2D eigenvalue weighted by molar-refractivity contribution is 7.21. The summed E-state index contributed by atoms with van der Waals surface area (Å²) in [6, 6.07) is 19.9. The van der Waals surface area contributed by atoms with Gasteiger partial charge in [-0.1, -0.05) is 48.5 Å². The van der Waals surface area contributed by atoms with Crippen LogP contribution in [-0.4, -0.2) is 36.4 Å². The van der Waals surface area contributed by atoms with Gasteiger partial charge in [0.2, 0.25) is 0 Å². The van der Waals surface area contributed by atoms with Crippen LogP contribution in [0.1, 0.15) is 43.5 Å². The largest absolute Gasteiger partial charge is 0.365 e. The van der Waals surface area contributed by atoms with E-state index in [1.807, 2.05) is 60.7 Å². The number of fused-ring (bicyclic) bond motifs is 1. The number of aromatic nitrogens is 5. The minimum absolute atomic E-state index is 0.0144. The predicted octanol–water partition coefficient (Wildman–Crippen LogP) is 6.46. The fourth-order valence-electron chi connectivity index (χ4n) is 5.17. The fraction of sp³-hybridized carbons (Fsp3) is 0.129. The van der Waals surface area contributed by atoms with E-state index in [9.17, 15) is 18.4 Å². The van der Waals surface area contributed by atoms with E-state index >= 15 is 0 Å². The Morgan fingerprint density at radius 1 is 0.977 bits per heavy atom. The third-order valence-corrected chi connectivity index (χ3v) is 8.16. The molecule has 6 aromatic rings. The average Bonchev–Trinajstić information content (AvgIpc) is 3.65. The van der Waals surface area contributed by atoms with Crippen molar-refractivity contribution in [3.63, 3.8) is 0 Å². The van der Waals surface area contributed by atoms with Crippen LogP contribution in [0, 0.1) is 13.8 Å². The van der Waals surface area contributed by atoms with E-state index in [2.05, 4.69) is 15.4 Å². The Labute approximate surface area is 248 Å². The number of benzene rings is 2. The van der Waals surface area contributed by atoms with Crippen molar-refractivity contribution in [2.45, 2.75) is 20.3 Å². The van der Waals surface area contributed by atoms with Gasteiger partial charge in [0.25, 0.3) is 18.2 Å². The average molecular weight is 598 g/mol. The van der Waals surface area contributed by atoms with E-state index in [4.69, 9.17) is 10.8 Å². The van der Waals surface area contributed by atoms with E-state index < -0.39 is 23.9 Å². The quantitative estimate of drug-likeness (QED) is 0.219. The predicted molar refractivity (Wildman–Crippen MR) is 162 cm³/mol. The summed E-state index contributed by atoms with van der Waals surface area (Å²) in [6.07, 6.45) is -1.18. The molecule has 12 heteroatoms. The van der Waals surface area contributed by atoms with Gasteiger partial charge in [-0.05, 0) is 37.6 Å². The fourth-order valence-corrected chi connectivity index (χ4v) is 6.18. The number of alkyl halides is 2. The van der Waals surface area contributed by atoms with Gasteiger partial charge in [0.05, 0.1) is 28.3 Å². The lowest BCUT2D eigenvalue weighted by Crippen LogP contribution is -2.18. The van der Waals surface area contributed by atoms with Crippen LogP contribution in [0.5, 0.6) is 0 Å². The van der Waals surface area contributed by atoms with Gasteiger partial charge in [0.15, 0.2) is 0 Å². The molecule has 0 bridgehead atoms. The molecule has 0 aliphatic rings. The van der Waals surface area contributed by atoms with Crippen molar-refractivity contribution in [3.05, 3.63) is 100 Å². The summed E-state index contributed by atoms with van der Waals surface area (Å²) >= 11 is 0.847. The summed E-state index contributed by atoms with van der Waals surface area (Å²) in [5.74, 6) is -1.38. The number of carbonyl (C=O) groups is 2. The summed E-state index contributed by atoms with van der Waals surface area (Å²) < 4.78 is 31.1. The van der Waals surface area contributed by atoms with E-state index in [-0.39, 0.29) is 21.0 Å². The van der Waals surface area contributed by atoms with Crippen LogP contribution in [0.2, 0.25) is 0 Å². The van der Waals surface area contributed by atoms with Crippen molar-refractivity contribution in [1.29, 1.82) is 0 Å². The van der Waals surface area contributed by atoms with Gasteiger partial charge in [-0.2, -0.15) is 10.2 Å². The number of pyridine rings is 1. The molecule has 4 aromatic heterocycles. The van der Waals surface area contributed by atoms with Gasteiger partial charge < -0.3 is 11.1 Å². The molecule has 43 heavy (non-hydrogen) atoms. The molecule has 3 N–H and O–H groups in total. The number of carbonyl (C=O) groups excluding carboxylic acids is 2. The Morgan fingerprint density at radius 3 is 2.26 bits per heavy atom. The Balaban J connectivity index is 1.57. The molecule has 0 atom stereocenters. The Hall–Kier alpha value is -5.23. The number of amides is 2. The molecule has 2 amide bonds. The number of aryl methyl sites for hydroxylation is 2. The SMILES string of the molecule is Cc1nn(C)cc1-c1cc(C(F)F)nc2sc(C(N)=O)c(NC(=O)c3c(-c4ccccc4)nn(-c4ccccc4)c3C)c12. The maximum absolute atomic E-state index is 14.2. The van der Waals surface area contributed by atoms with Gasteiger partial charge in [0.1, 0.15) is 21.1 Å². The second-order valence-electron chi connectivity index (χ2n) is 9.92. The van der Waals surface area contributed by atoms with Crippen molar-refractivity contribution in [2.75, 3.05) is 5.32 Å². The van der Waals surface area contributed by atoms with Crippen molar-refractivity contribution in [2.24, 2.45) is 12.8 Å². The molecule has 0 fully saturated rings. The van der Waals surface area contributed by atoms with Gasteiger partial charge in [-0.3, -0.25) is 14.3 Å². The smallest absolute Gasteiger partial charge is 0.280 e. The molecule has 0 aliphatic heterocycles. The zero-order valence-corrected chi connectivity index (χ0v) is 24.1. The van der Waals surface area contributed by atoms with Crippen LogP contribution in [0.15, 0.2) is 72.9 Å². The maximum atomic E-state index is 14.2. The lowest BCUT2D eigenvalue weighted by molar-refractivity contribution is 0.100. The molecule has 6 rings (SSSR count).